The maximum Gasteiger partial charge on any atom is 0.319 e. The molecule has 1 aromatic heterocycles. The third kappa shape index (κ3) is 4.33. The van der Waals surface area contributed by atoms with E-state index in [1.807, 2.05) is 6.92 Å². The minimum absolute atomic E-state index is 0.237. The van der Waals surface area contributed by atoms with Crippen LogP contribution in [0, 0.1) is 0 Å². The first kappa shape index (κ1) is 18.2. The average molecular weight is 391 g/mol. The molecule has 6 nitrogen and oxygen atoms in total. The molecule has 0 unspecified atom stereocenters. The predicted molar refractivity (Wildman–Crippen MR) is 103 cm³/mol. The molecule has 0 fully saturated rings. The molecule has 0 aliphatic carbocycles. The van der Waals surface area contributed by atoms with Crippen molar-refractivity contribution in [3.05, 3.63) is 52.5 Å². The summed E-state index contributed by atoms with van der Waals surface area (Å²) in [6, 6.07) is 11.9. The van der Waals surface area contributed by atoms with E-state index in [4.69, 9.17) is 27.7 Å². The first-order valence-corrected chi connectivity index (χ1v) is 8.77. The van der Waals surface area contributed by atoms with Crippen LogP contribution in [0.4, 0.5) is 10.5 Å². The summed E-state index contributed by atoms with van der Waals surface area (Å²) in [7, 11) is 0. The zero-order valence-corrected chi connectivity index (χ0v) is 15.4. The first-order valence-electron chi connectivity index (χ1n) is 8.01. The van der Waals surface area contributed by atoms with Crippen LogP contribution < -0.4 is 10.6 Å². The van der Waals surface area contributed by atoms with Gasteiger partial charge in [0.05, 0.1) is 10.6 Å². The fraction of sp³-hybridized carbons (Fsp3) is 0.167. The number of anilines is 1. The molecule has 0 bridgehead atoms. The van der Waals surface area contributed by atoms with E-state index in [1.54, 1.807) is 42.5 Å². The van der Waals surface area contributed by atoms with Crippen LogP contribution in [0.2, 0.25) is 10.0 Å². The van der Waals surface area contributed by atoms with Crippen LogP contribution in [0.25, 0.3) is 22.8 Å². The first-order chi connectivity index (χ1) is 12.6. The lowest BCUT2D eigenvalue weighted by atomic mass is 10.2. The largest absolute Gasteiger partial charge is 0.338 e. The highest BCUT2D eigenvalue weighted by Crippen LogP contribution is 2.30. The van der Waals surface area contributed by atoms with Gasteiger partial charge in [-0.1, -0.05) is 35.3 Å². The molecule has 8 heteroatoms. The number of hydrogen-bond donors (Lipinski definition) is 2. The second kappa shape index (κ2) is 8.21. The van der Waals surface area contributed by atoms with E-state index in [1.165, 1.54) is 0 Å². The van der Waals surface area contributed by atoms with Gasteiger partial charge < -0.3 is 15.2 Å². The molecule has 2 N–H and O–H groups in total. The van der Waals surface area contributed by atoms with E-state index in [0.717, 1.165) is 12.0 Å². The van der Waals surface area contributed by atoms with Crippen molar-refractivity contribution in [2.45, 2.75) is 13.3 Å². The second-order valence-corrected chi connectivity index (χ2v) is 6.35. The van der Waals surface area contributed by atoms with Gasteiger partial charge >= 0.3 is 6.03 Å². The summed E-state index contributed by atoms with van der Waals surface area (Å²) in [6.45, 7) is 2.62. The van der Waals surface area contributed by atoms with Crippen molar-refractivity contribution in [2.24, 2.45) is 0 Å². The maximum atomic E-state index is 11.7. The fourth-order valence-corrected chi connectivity index (χ4v) is 2.72. The molecule has 26 heavy (non-hydrogen) atoms. The quantitative estimate of drug-likeness (QED) is 0.623. The van der Waals surface area contributed by atoms with E-state index in [9.17, 15) is 4.79 Å². The van der Waals surface area contributed by atoms with Crippen LogP contribution in [0.1, 0.15) is 13.3 Å². The van der Waals surface area contributed by atoms with Gasteiger partial charge in [-0.15, -0.1) is 0 Å². The normalized spacial score (nSPS) is 10.6. The van der Waals surface area contributed by atoms with Crippen LogP contribution in [-0.2, 0) is 0 Å². The number of carbonyl (C=O) groups is 1. The summed E-state index contributed by atoms with van der Waals surface area (Å²) in [4.78, 5) is 16.0. The molecule has 134 valence electrons. The van der Waals surface area contributed by atoms with Crippen molar-refractivity contribution in [1.82, 2.24) is 15.5 Å². The van der Waals surface area contributed by atoms with Crippen molar-refractivity contribution < 1.29 is 9.32 Å². The summed E-state index contributed by atoms with van der Waals surface area (Å²) in [6.07, 6.45) is 0.879. The van der Waals surface area contributed by atoms with Gasteiger partial charge in [0.1, 0.15) is 0 Å². The highest BCUT2D eigenvalue weighted by molar-refractivity contribution is 6.36. The number of nitrogens with one attached hydrogen (secondary N) is 2. The van der Waals surface area contributed by atoms with Crippen molar-refractivity contribution >= 4 is 34.9 Å². The Hall–Kier alpha value is -2.57. The Morgan fingerprint density at radius 2 is 1.92 bits per heavy atom. The Balaban J connectivity index is 1.74. The zero-order valence-electron chi connectivity index (χ0n) is 13.9. The Labute approximate surface area is 160 Å². The minimum atomic E-state index is -0.237. The topological polar surface area (TPSA) is 80.0 Å². The number of benzene rings is 2. The van der Waals surface area contributed by atoms with E-state index in [-0.39, 0.29) is 6.03 Å². The molecule has 0 radical (unpaired) electrons. The maximum absolute atomic E-state index is 11.7. The van der Waals surface area contributed by atoms with Crippen LogP contribution in [-0.4, -0.2) is 22.7 Å². The highest BCUT2D eigenvalue weighted by atomic mass is 35.5. The Bertz CT molecular complexity index is 910. The molecule has 3 rings (SSSR count). The van der Waals surface area contributed by atoms with Crippen LogP contribution >= 0.6 is 23.2 Å². The van der Waals surface area contributed by atoms with Gasteiger partial charge in [-0.25, -0.2) is 4.79 Å². The van der Waals surface area contributed by atoms with Gasteiger partial charge in [-0.05, 0) is 48.9 Å². The molecule has 0 aliphatic heterocycles. The third-order valence-electron chi connectivity index (χ3n) is 3.52. The number of urea groups is 1. The Kier molecular flexibility index (Phi) is 5.75. The molecule has 2 amide bonds. The molecule has 0 saturated carbocycles. The van der Waals surface area contributed by atoms with E-state index in [2.05, 4.69) is 20.8 Å². The Morgan fingerprint density at radius 1 is 1.15 bits per heavy atom. The summed E-state index contributed by atoms with van der Waals surface area (Å²) in [5, 5.41) is 10.4. The zero-order chi connectivity index (χ0) is 18.5. The van der Waals surface area contributed by atoms with Gasteiger partial charge in [-0.3, -0.25) is 0 Å². The van der Waals surface area contributed by atoms with Crippen molar-refractivity contribution in [3.8, 4) is 22.8 Å². The van der Waals surface area contributed by atoms with E-state index in [0.29, 0.717) is 39.6 Å². The molecule has 0 saturated heterocycles. The Morgan fingerprint density at radius 3 is 2.62 bits per heavy atom. The van der Waals surface area contributed by atoms with Gasteiger partial charge in [0, 0.05) is 22.8 Å². The number of carbonyl (C=O) groups excluding carboxylic acids is 1. The molecule has 0 atom stereocenters. The summed E-state index contributed by atoms with van der Waals surface area (Å²) in [5.41, 5.74) is 2.04. The lowest BCUT2D eigenvalue weighted by Crippen LogP contribution is -2.29. The molecular weight excluding hydrogens is 375 g/mol. The minimum Gasteiger partial charge on any atom is -0.338 e. The monoisotopic (exact) mass is 390 g/mol. The fourth-order valence-electron chi connectivity index (χ4n) is 2.23. The van der Waals surface area contributed by atoms with Gasteiger partial charge in [0.25, 0.3) is 5.89 Å². The predicted octanol–water partition coefficient (Wildman–Crippen LogP) is 5.24. The summed E-state index contributed by atoms with van der Waals surface area (Å²) < 4.78 is 5.30. The van der Waals surface area contributed by atoms with Crippen molar-refractivity contribution in [2.75, 3.05) is 11.9 Å². The number of hydrogen-bond acceptors (Lipinski definition) is 4. The molecule has 2 aromatic carbocycles. The molecular formula is C18H16Cl2N4O2. The number of rotatable bonds is 5. The van der Waals surface area contributed by atoms with Crippen LogP contribution in [0.5, 0.6) is 0 Å². The summed E-state index contributed by atoms with van der Waals surface area (Å²) >= 11 is 12.1. The van der Waals surface area contributed by atoms with Crippen molar-refractivity contribution in [1.29, 1.82) is 0 Å². The SMILES string of the molecule is CCCNC(=O)Nc1ccc(-c2noc(-c3ccc(Cl)cc3Cl)n2)cc1. The average Bonchev–Trinajstić information content (AvgIpc) is 3.10. The molecule has 3 aromatic rings. The van der Waals surface area contributed by atoms with Crippen LogP contribution in [0.3, 0.4) is 0 Å². The molecule has 0 aliphatic rings. The van der Waals surface area contributed by atoms with E-state index >= 15 is 0 Å². The van der Waals surface area contributed by atoms with Gasteiger partial charge in [0.15, 0.2) is 0 Å². The van der Waals surface area contributed by atoms with Gasteiger partial charge in [0.2, 0.25) is 5.82 Å². The number of nitrogens with zero attached hydrogens (tertiary/aromatic N) is 2. The standard InChI is InChI=1S/C18H16Cl2N4O2/c1-2-9-21-18(25)22-13-6-3-11(4-7-13)16-23-17(26-24-16)14-8-5-12(19)10-15(14)20/h3-8,10H,2,9H2,1H3,(H2,21,22,25). The van der Waals surface area contributed by atoms with E-state index < -0.39 is 0 Å². The number of halogens is 2. The summed E-state index contributed by atoms with van der Waals surface area (Å²) in [5.74, 6) is 0.732. The van der Waals surface area contributed by atoms with Gasteiger partial charge in [-0.2, -0.15) is 4.98 Å². The number of amides is 2. The molecule has 1 heterocycles. The smallest absolute Gasteiger partial charge is 0.319 e. The third-order valence-corrected chi connectivity index (χ3v) is 4.07. The second-order valence-electron chi connectivity index (χ2n) is 5.51. The lowest BCUT2D eigenvalue weighted by Gasteiger charge is -2.06. The number of aromatic nitrogens is 2. The van der Waals surface area contributed by atoms with Crippen LogP contribution in [0.15, 0.2) is 47.0 Å². The highest BCUT2D eigenvalue weighted by Gasteiger charge is 2.14. The lowest BCUT2D eigenvalue weighted by molar-refractivity contribution is 0.252. The molecule has 0 spiro atoms. The van der Waals surface area contributed by atoms with Crippen molar-refractivity contribution in [3.63, 3.8) is 0 Å².